The van der Waals surface area contributed by atoms with Crippen molar-refractivity contribution in [3.8, 4) is 5.75 Å². The van der Waals surface area contributed by atoms with E-state index in [9.17, 15) is 4.39 Å². The Morgan fingerprint density at radius 1 is 1.30 bits per heavy atom. The highest BCUT2D eigenvalue weighted by Gasteiger charge is 2.20. The molecule has 0 aliphatic heterocycles. The van der Waals surface area contributed by atoms with Crippen molar-refractivity contribution >= 4 is 11.6 Å². The Kier molecular flexibility index (Phi) is 4.93. The van der Waals surface area contributed by atoms with Gasteiger partial charge in [-0.15, -0.1) is 0 Å². The summed E-state index contributed by atoms with van der Waals surface area (Å²) in [5.74, 6) is -0.111. The molecule has 1 aromatic carbocycles. The Labute approximate surface area is 122 Å². The second-order valence-electron chi connectivity index (χ2n) is 4.47. The lowest BCUT2D eigenvalue weighted by Crippen LogP contribution is -2.31. The number of nitrogens with two attached hydrogens (primary N) is 1. The summed E-state index contributed by atoms with van der Waals surface area (Å²) < 4.78 is 19.3. The molecule has 2 atom stereocenters. The molecule has 2 aromatic rings. The van der Waals surface area contributed by atoms with E-state index in [1.54, 1.807) is 18.5 Å². The van der Waals surface area contributed by atoms with Crippen LogP contribution in [0.3, 0.4) is 0 Å². The number of nitrogens with zero attached hydrogens (tertiary/aromatic N) is 1. The number of pyridine rings is 1. The molecule has 0 amide bonds. The number of hydrogen-bond acceptors (Lipinski definition) is 3. The van der Waals surface area contributed by atoms with Crippen molar-refractivity contribution in [3.63, 3.8) is 0 Å². The van der Waals surface area contributed by atoms with Gasteiger partial charge in [-0.25, -0.2) is 4.39 Å². The van der Waals surface area contributed by atoms with Gasteiger partial charge in [-0.3, -0.25) is 4.98 Å². The largest absolute Gasteiger partial charge is 0.484 e. The van der Waals surface area contributed by atoms with Crippen LogP contribution in [-0.2, 0) is 0 Å². The monoisotopic (exact) mass is 294 g/mol. The second kappa shape index (κ2) is 6.68. The third kappa shape index (κ3) is 3.46. The van der Waals surface area contributed by atoms with Gasteiger partial charge in [-0.1, -0.05) is 18.5 Å². The normalized spacial score (nSPS) is 13.8. The van der Waals surface area contributed by atoms with E-state index >= 15 is 0 Å². The van der Waals surface area contributed by atoms with Crippen LogP contribution in [0.15, 0.2) is 42.7 Å². The quantitative estimate of drug-likeness (QED) is 0.914. The minimum Gasteiger partial charge on any atom is -0.484 e. The molecule has 20 heavy (non-hydrogen) atoms. The maximum absolute atomic E-state index is 13.5. The molecule has 2 unspecified atom stereocenters. The summed E-state index contributed by atoms with van der Waals surface area (Å²) in [6.45, 7) is 1.98. The van der Waals surface area contributed by atoms with Crippen LogP contribution in [0.25, 0.3) is 0 Å². The van der Waals surface area contributed by atoms with Crippen molar-refractivity contribution in [1.82, 2.24) is 4.98 Å². The van der Waals surface area contributed by atoms with E-state index in [4.69, 9.17) is 22.1 Å². The maximum atomic E-state index is 13.5. The van der Waals surface area contributed by atoms with Crippen molar-refractivity contribution in [2.45, 2.75) is 25.5 Å². The lowest BCUT2D eigenvalue weighted by molar-refractivity contribution is 0.170. The van der Waals surface area contributed by atoms with Crippen LogP contribution in [-0.4, -0.2) is 11.0 Å². The molecule has 0 fully saturated rings. The molecule has 0 aliphatic carbocycles. The minimum absolute atomic E-state index is 0.0672. The number of benzene rings is 1. The minimum atomic E-state index is -0.511. The zero-order valence-electron chi connectivity index (χ0n) is 11.1. The van der Waals surface area contributed by atoms with E-state index in [2.05, 4.69) is 4.98 Å². The summed E-state index contributed by atoms with van der Waals surface area (Å²) in [7, 11) is 0. The summed E-state index contributed by atoms with van der Waals surface area (Å²) in [6, 6.07) is 7.84. The van der Waals surface area contributed by atoms with Gasteiger partial charge < -0.3 is 10.5 Å². The lowest BCUT2D eigenvalue weighted by atomic mass is 10.0. The third-order valence-corrected chi connectivity index (χ3v) is 3.36. The van der Waals surface area contributed by atoms with Crippen molar-refractivity contribution in [2.75, 3.05) is 0 Å². The molecule has 1 aromatic heterocycles. The molecule has 5 heteroatoms. The fourth-order valence-electron chi connectivity index (χ4n) is 1.87. The average molecular weight is 295 g/mol. The Bertz CT molecular complexity index is 565. The fourth-order valence-corrected chi connectivity index (χ4v) is 1.98. The van der Waals surface area contributed by atoms with Crippen molar-refractivity contribution in [1.29, 1.82) is 0 Å². The first-order chi connectivity index (χ1) is 9.61. The second-order valence-corrected chi connectivity index (χ2v) is 4.87. The number of rotatable bonds is 5. The Balaban J connectivity index is 2.26. The highest BCUT2D eigenvalue weighted by atomic mass is 35.5. The summed E-state index contributed by atoms with van der Waals surface area (Å²) in [6.07, 6.45) is 3.74. The predicted molar refractivity (Wildman–Crippen MR) is 77.3 cm³/mol. The van der Waals surface area contributed by atoms with E-state index in [0.29, 0.717) is 5.75 Å². The van der Waals surface area contributed by atoms with Crippen LogP contribution >= 0.6 is 11.6 Å². The maximum Gasteiger partial charge on any atom is 0.145 e. The molecule has 0 radical (unpaired) electrons. The average Bonchev–Trinajstić information content (AvgIpc) is 2.48. The van der Waals surface area contributed by atoms with Crippen molar-refractivity contribution < 1.29 is 9.13 Å². The van der Waals surface area contributed by atoms with Crippen molar-refractivity contribution in [3.05, 3.63) is 59.1 Å². The van der Waals surface area contributed by atoms with Gasteiger partial charge in [0.05, 0.1) is 5.02 Å². The van der Waals surface area contributed by atoms with E-state index in [1.165, 1.54) is 12.1 Å². The molecule has 1 heterocycles. The fraction of sp³-hybridized carbons (Fsp3) is 0.267. The van der Waals surface area contributed by atoms with Crippen LogP contribution in [0, 0.1) is 5.82 Å². The molecule has 2 rings (SSSR count). The van der Waals surface area contributed by atoms with Crippen molar-refractivity contribution in [2.24, 2.45) is 5.73 Å². The van der Waals surface area contributed by atoms with Gasteiger partial charge in [0.2, 0.25) is 0 Å². The smallest absolute Gasteiger partial charge is 0.145 e. The molecular weight excluding hydrogens is 279 g/mol. The Morgan fingerprint density at radius 3 is 2.60 bits per heavy atom. The number of ether oxygens (including phenoxy) is 1. The molecule has 0 saturated heterocycles. The first kappa shape index (κ1) is 14.8. The lowest BCUT2D eigenvalue weighted by Gasteiger charge is -2.24. The molecular formula is C15H16ClFN2O. The molecule has 2 N–H and O–H groups in total. The van der Waals surface area contributed by atoms with E-state index in [-0.39, 0.29) is 17.2 Å². The van der Waals surface area contributed by atoms with Gasteiger partial charge in [-0.05, 0) is 36.2 Å². The van der Waals surface area contributed by atoms with Crippen LogP contribution in [0.1, 0.15) is 25.0 Å². The standard InChI is InChI=1S/C15H16ClFN2O/c1-2-14(18)15(10-5-7-19-8-6-10)20-11-3-4-12(16)13(17)9-11/h3-9,14-15H,2,18H2,1H3. The summed E-state index contributed by atoms with van der Waals surface area (Å²) in [5, 5.41) is 0.0672. The topological polar surface area (TPSA) is 48.1 Å². The zero-order chi connectivity index (χ0) is 14.5. The first-order valence-electron chi connectivity index (χ1n) is 6.39. The van der Waals surface area contributed by atoms with Crippen LogP contribution in [0.2, 0.25) is 5.02 Å². The van der Waals surface area contributed by atoms with Gasteiger partial charge in [0.1, 0.15) is 17.7 Å². The third-order valence-electron chi connectivity index (χ3n) is 3.05. The van der Waals surface area contributed by atoms with Crippen LogP contribution in [0.4, 0.5) is 4.39 Å². The van der Waals surface area contributed by atoms with Gasteiger partial charge >= 0.3 is 0 Å². The molecule has 0 bridgehead atoms. The van der Waals surface area contributed by atoms with E-state index < -0.39 is 5.82 Å². The summed E-state index contributed by atoms with van der Waals surface area (Å²) in [5.41, 5.74) is 7.01. The summed E-state index contributed by atoms with van der Waals surface area (Å²) >= 11 is 5.66. The van der Waals surface area contributed by atoms with E-state index in [0.717, 1.165) is 12.0 Å². The molecule has 0 spiro atoms. The van der Waals surface area contributed by atoms with E-state index in [1.807, 2.05) is 19.1 Å². The first-order valence-corrected chi connectivity index (χ1v) is 6.76. The van der Waals surface area contributed by atoms with Gasteiger partial charge in [0, 0.05) is 24.5 Å². The number of hydrogen-bond donors (Lipinski definition) is 1. The highest BCUT2D eigenvalue weighted by Crippen LogP contribution is 2.27. The van der Waals surface area contributed by atoms with Crippen LogP contribution in [0.5, 0.6) is 5.75 Å². The zero-order valence-corrected chi connectivity index (χ0v) is 11.8. The Hall–Kier alpha value is -1.65. The van der Waals surface area contributed by atoms with Gasteiger partial charge in [0.15, 0.2) is 0 Å². The molecule has 0 aliphatic rings. The summed E-state index contributed by atoms with van der Waals surface area (Å²) in [4.78, 5) is 3.97. The molecule has 3 nitrogen and oxygen atoms in total. The SMILES string of the molecule is CCC(N)C(Oc1ccc(Cl)c(F)c1)c1ccncc1. The number of halogens is 2. The van der Waals surface area contributed by atoms with Gasteiger partial charge in [-0.2, -0.15) is 0 Å². The van der Waals surface area contributed by atoms with Crippen LogP contribution < -0.4 is 10.5 Å². The molecule has 106 valence electrons. The highest BCUT2D eigenvalue weighted by molar-refractivity contribution is 6.30. The molecule has 0 saturated carbocycles. The Morgan fingerprint density at radius 2 is 2.00 bits per heavy atom. The van der Waals surface area contributed by atoms with Gasteiger partial charge in [0.25, 0.3) is 0 Å². The number of aromatic nitrogens is 1. The predicted octanol–water partition coefficient (Wildman–Crippen LogP) is 3.73.